The van der Waals surface area contributed by atoms with Crippen LogP contribution in [0.4, 0.5) is 10.1 Å². The molecule has 18 heavy (non-hydrogen) atoms. The molecule has 0 bridgehead atoms. The minimum Gasteiger partial charge on any atom is -0.389 e. The van der Waals surface area contributed by atoms with E-state index in [-0.39, 0.29) is 10.8 Å². The van der Waals surface area contributed by atoms with Crippen molar-refractivity contribution >= 4 is 22.9 Å². The molecular formula is C14H21FN2S. The summed E-state index contributed by atoms with van der Waals surface area (Å²) in [4.78, 5) is 0.215. The molecule has 1 aromatic rings. The van der Waals surface area contributed by atoms with Crippen molar-refractivity contribution in [3.63, 3.8) is 0 Å². The van der Waals surface area contributed by atoms with Crippen LogP contribution in [0.1, 0.15) is 39.2 Å². The van der Waals surface area contributed by atoms with E-state index in [0.29, 0.717) is 17.5 Å². The van der Waals surface area contributed by atoms with Crippen molar-refractivity contribution in [1.82, 2.24) is 0 Å². The maximum atomic E-state index is 13.2. The highest BCUT2D eigenvalue weighted by Crippen LogP contribution is 2.20. The van der Waals surface area contributed by atoms with Crippen LogP contribution in [0.2, 0.25) is 0 Å². The Morgan fingerprint density at radius 1 is 1.44 bits per heavy atom. The molecular weight excluding hydrogens is 247 g/mol. The molecule has 0 saturated carbocycles. The average Bonchev–Trinajstić information content (AvgIpc) is 2.30. The van der Waals surface area contributed by atoms with Crippen molar-refractivity contribution in [3.8, 4) is 0 Å². The highest BCUT2D eigenvalue weighted by molar-refractivity contribution is 7.80. The van der Waals surface area contributed by atoms with Crippen LogP contribution in [0, 0.1) is 11.7 Å². The normalized spacial score (nSPS) is 14.0. The van der Waals surface area contributed by atoms with E-state index in [1.165, 1.54) is 12.1 Å². The van der Waals surface area contributed by atoms with Gasteiger partial charge in [-0.2, -0.15) is 0 Å². The van der Waals surface area contributed by atoms with Crippen LogP contribution in [-0.4, -0.2) is 11.0 Å². The summed E-state index contributed by atoms with van der Waals surface area (Å²) in [7, 11) is 0. The zero-order chi connectivity index (χ0) is 13.7. The number of anilines is 1. The molecule has 0 aliphatic rings. The quantitative estimate of drug-likeness (QED) is 0.773. The molecule has 0 radical (unpaired) electrons. The lowest BCUT2D eigenvalue weighted by Crippen LogP contribution is -2.21. The summed E-state index contributed by atoms with van der Waals surface area (Å²) in [5, 5.41) is 3.35. The molecule has 3 N–H and O–H groups in total. The van der Waals surface area contributed by atoms with Gasteiger partial charge in [0.1, 0.15) is 10.8 Å². The Bertz CT molecular complexity index is 420. The van der Waals surface area contributed by atoms with Crippen molar-refractivity contribution in [1.29, 1.82) is 0 Å². The van der Waals surface area contributed by atoms with Crippen molar-refractivity contribution in [2.24, 2.45) is 11.7 Å². The van der Waals surface area contributed by atoms with Gasteiger partial charge < -0.3 is 11.1 Å². The molecule has 0 fully saturated rings. The van der Waals surface area contributed by atoms with Crippen LogP contribution >= 0.6 is 12.2 Å². The van der Waals surface area contributed by atoms with Gasteiger partial charge in [-0.1, -0.05) is 32.5 Å². The fourth-order valence-corrected chi connectivity index (χ4v) is 2.11. The van der Waals surface area contributed by atoms with E-state index < -0.39 is 0 Å². The summed E-state index contributed by atoms with van der Waals surface area (Å²) in [5.41, 5.74) is 6.99. The summed E-state index contributed by atoms with van der Waals surface area (Å²) in [6.07, 6.45) is 2.21. The first-order chi connectivity index (χ1) is 8.43. The molecule has 0 heterocycles. The Morgan fingerprint density at radius 3 is 2.67 bits per heavy atom. The lowest BCUT2D eigenvalue weighted by Gasteiger charge is -2.20. The van der Waals surface area contributed by atoms with Crippen LogP contribution < -0.4 is 11.1 Å². The molecule has 4 heteroatoms. The lowest BCUT2D eigenvalue weighted by atomic mass is 10.00. The number of hydrogen-bond donors (Lipinski definition) is 2. The zero-order valence-corrected chi connectivity index (χ0v) is 12.0. The van der Waals surface area contributed by atoms with Crippen LogP contribution in [0.15, 0.2) is 18.2 Å². The fraction of sp³-hybridized carbons (Fsp3) is 0.500. The Labute approximate surface area is 114 Å². The van der Waals surface area contributed by atoms with Gasteiger partial charge >= 0.3 is 0 Å². The minimum absolute atomic E-state index is 0.215. The molecule has 2 unspecified atom stereocenters. The molecule has 0 aliphatic heterocycles. The summed E-state index contributed by atoms with van der Waals surface area (Å²) in [6.45, 7) is 6.51. The third-order valence-corrected chi connectivity index (χ3v) is 3.32. The zero-order valence-electron chi connectivity index (χ0n) is 11.2. The van der Waals surface area contributed by atoms with E-state index in [4.69, 9.17) is 18.0 Å². The molecule has 1 rings (SSSR count). The molecule has 2 atom stereocenters. The Balaban J connectivity index is 2.80. The Morgan fingerprint density at radius 2 is 2.11 bits per heavy atom. The summed E-state index contributed by atoms with van der Waals surface area (Å²) in [5.74, 6) is 0.333. The molecule has 0 aromatic heterocycles. The fourth-order valence-electron chi connectivity index (χ4n) is 1.94. The highest BCUT2D eigenvalue weighted by atomic mass is 32.1. The summed E-state index contributed by atoms with van der Waals surface area (Å²) >= 11 is 4.94. The van der Waals surface area contributed by atoms with E-state index in [9.17, 15) is 4.39 Å². The molecule has 0 saturated heterocycles. The maximum absolute atomic E-state index is 13.2. The third-order valence-electron chi connectivity index (χ3n) is 3.10. The van der Waals surface area contributed by atoms with Gasteiger partial charge in [-0.3, -0.25) is 0 Å². The van der Waals surface area contributed by atoms with Crippen molar-refractivity contribution < 1.29 is 4.39 Å². The highest BCUT2D eigenvalue weighted by Gasteiger charge is 2.11. The lowest BCUT2D eigenvalue weighted by molar-refractivity contribution is 0.483. The standard InChI is InChI=1S/C14H21FN2S/c1-4-9(2)7-10(3)17-13-6-5-11(15)8-12(13)14(16)18/h5-6,8-10,17H,4,7H2,1-3H3,(H2,16,18). The summed E-state index contributed by atoms with van der Waals surface area (Å²) in [6, 6.07) is 4.79. The predicted octanol–water partition coefficient (Wildman–Crippen LogP) is 3.70. The number of nitrogens with two attached hydrogens (primary N) is 1. The van der Waals surface area contributed by atoms with E-state index >= 15 is 0 Å². The molecule has 100 valence electrons. The predicted molar refractivity (Wildman–Crippen MR) is 79.4 cm³/mol. The summed E-state index contributed by atoms with van der Waals surface area (Å²) < 4.78 is 13.2. The van der Waals surface area contributed by atoms with Crippen LogP contribution in [0.25, 0.3) is 0 Å². The van der Waals surface area contributed by atoms with E-state index in [2.05, 4.69) is 26.1 Å². The smallest absolute Gasteiger partial charge is 0.124 e. The maximum Gasteiger partial charge on any atom is 0.124 e. The first-order valence-corrected chi connectivity index (χ1v) is 6.70. The average molecular weight is 268 g/mol. The van der Waals surface area contributed by atoms with Crippen molar-refractivity contribution in [2.45, 2.75) is 39.7 Å². The Kier molecular flexibility index (Phi) is 5.54. The second kappa shape index (κ2) is 6.69. The third kappa shape index (κ3) is 4.26. The molecule has 1 aromatic carbocycles. The van der Waals surface area contributed by atoms with Crippen LogP contribution in [0.5, 0.6) is 0 Å². The van der Waals surface area contributed by atoms with E-state index in [0.717, 1.165) is 18.5 Å². The van der Waals surface area contributed by atoms with E-state index in [1.54, 1.807) is 6.07 Å². The number of halogens is 1. The van der Waals surface area contributed by atoms with Crippen LogP contribution in [-0.2, 0) is 0 Å². The van der Waals surface area contributed by atoms with Crippen LogP contribution in [0.3, 0.4) is 0 Å². The molecule has 0 spiro atoms. The Hall–Kier alpha value is -1.16. The van der Waals surface area contributed by atoms with Gasteiger partial charge in [-0.25, -0.2) is 4.39 Å². The van der Waals surface area contributed by atoms with Gasteiger partial charge in [0.25, 0.3) is 0 Å². The molecule has 0 amide bonds. The molecule has 0 aliphatic carbocycles. The van der Waals surface area contributed by atoms with Gasteiger partial charge in [-0.05, 0) is 37.5 Å². The first-order valence-electron chi connectivity index (χ1n) is 6.30. The number of hydrogen-bond acceptors (Lipinski definition) is 2. The number of thiocarbonyl (C=S) groups is 1. The van der Waals surface area contributed by atoms with Gasteiger partial charge in [0, 0.05) is 17.3 Å². The van der Waals surface area contributed by atoms with Gasteiger partial charge in [0.15, 0.2) is 0 Å². The van der Waals surface area contributed by atoms with Gasteiger partial charge in [0.05, 0.1) is 0 Å². The van der Waals surface area contributed by atoms with Crippen molar-refractivity contribution in [3.05, 3.63) is 29.6 Å². The van der Waals surface area contributed by atoms with Gasteiger partial charge in [-0.15, -0.1) is 0 Å². The van der Waals surface area contributed by atoms with Crippen molar-refractivity contribution in [2.75, 3.05) is 5.32 Å². The number of rotatable bonds is 6. The van der Waals surface area contributed by atoms with E-state index in [1.807, 2.05) is 0 Å². The first kappa shape index (κ1) is 14.9. The van der Waals surface area contributed by atoms with Gasteiger partial charge in [0.2, 0.25) is 0 Å². The SMILES string of the molecule is CCC(C)CC(C)Nc1ccc(F)cc1C(N)=S. The second-order valence-electron chi connectivity index (χ2n) is 4.85. The topological polar surface area (TPSA) is 38.0 Å². The second-order valence-corrected chi connectivity index (χ2v) is 5.29. The largest absolute Gasteiger partial charge is 0.389 e. The number of benzene rings is 1. The molecule has 2 nitrogen and oxygen atoms in total. The monoisotopic (exact) mass is 268 g/mol. The minimum atomic E-state index is -0.321. The number of nitrogens with one attached hydrogen (secondary N) is 1.